The van der Waals surface area contributed by atoms with Crippen LogP contribution in [0.2, 0.25) is 0 Å². The number of nitrogens with zero attached hydrogens (tertiary/aromatic N) is 1. The molecule has 3 heteroatoms. The molecule has 0 aromatic carbocycles. The Kier molecular flexibility index (Phi) is 8.21. The van der Waals surface area contributed by atoms with Gasteiger partial charge in [-0.05, 0) is 27.0 Å². The summed E-state index contributed by atoms with van der Waals surface area (Å²) in [5, 5.41) is 5.02. The summed E-state index contributed by atoms with van der Waals surface area (Å²) in [5.41, 5.74) is 4.37. The third-order valence-electron chi connectivity index (χ3n) is 2.03. The lowest BCUT2D eigenvalue weighted by Crippen LogP contribution is -2.43. The number of rotatable bonds is 8. The number of hydrogen-bond donors (Lipinski definition) is 2. The summed E-state index contributed by atoms with van der Waals surface area (Å²) in [7, 11) is 1.94. The van der Waals surface area contributed by atoms with E-state index in [0.29, 0.717) is 6.04 Å². The largest absolute Gasteiger partial charge is 0.318 e. The first kappa shape index (κ1) is 14.7. The topological polar surface area (TPSA) is 27.3 Å². The highest BCUT2D eigenvalue weighted by molar-refractivity contribution is 5.20. The van der Waals surface area contributed by atoms with Crippen molar-refractivity contribution in [3.8, 4) is 0 Å². The van der Waals surface area contributed by atoms with Crippen LogP contribution in [0, 0.1) is 0 Å². The molecule has 0 bridgehead atoms. The molecule has 0 radical (unpaired) electrons. The predicted octanol–water partition coefficient (Wildman–Crippen LogP) is 2.19. The van der Waals surface area contributed by atoms with Crippen molar-refractivity contribution in [2.75, 3.05) is 13.6 Å². The molecule has 0 rings (SSSR count). The van der Waals surface area contributed by atoms with Gasteiger partial charge in [-0.2, -0.15) is 0 Å². The van der Waals surface area contributed by atoms with Crippen molar-refractivity contribution in [2.24, 2.45) is 0 Å². The summed E-state index contributed by atoms with van der Waals surface area (Å²) in [4.78, 5) is 0. The van der Waals surface area contributed by atoms with Crippen LogP contribution >= 0.6 is 0 Å². The van der Waals surface area contributed by atoms with Gasteiger partial charge in [0.1, 0.15) is 0 Å². The van der Waals surface area contributed by atoms with E-state index in [4.69, 9.17) is 0 Å². The lowest BCUT2D eigenvalue weighted by molar-refractivity contribution is 0.295. The molecule has 3 nitrogen and oxygen atoms in total. The maximum Gasteiger partial charge on any atom is 0.0527 e. The molecule has 0 aliphatic heterocycles. The molecule has 0 saturated heterocycles. The number of allylic oxidation sites excluding steroid dienone is 4. The molecular formula is C13H23N3. The average Bonchev–Trinajstić information content (AvgIpc) is 2.28. The number of hydrogen-bond acceptors (Lipinski definition) is 3. The Morgan fingerprint density at radius 3 is 2.56 bits per heavy atom. The monoisotopic (exact) mass is 221 g/mol. The number of nitrogens with one attached hydrogen (secondary N) is 2. The van der Waals surface area contributed by atoms with Crippen molar-refractivity contribution in [3.05, 3.63) is 49.4 Å². The van der Waals surface area contributed by atoms with Gasteiger partial charge >= 0.3 is 0 Å². The highest BCUT2D eigenvalue weighted by atomic mass is 15.5. The minimum Gasteiger partial charge on any atom is -0.318 e. The van der Waals surface area contributed by atoms with E-state index >= 15 is 0 Å². The fourth-order valence-corrected chi connectivity index (χ4v) is 1.30. The lowest BCUT2D eigenvalue weighted by Gasteiger charge is -2.26. The zero-order chi connectivity index (χ0) is 12.4. The van der Waals surface area contributed by atoms with Gasteiger partial charge in [0, 0.05) is 18.8 Å². The van der Waals surface area contributed by atoms with Gasteiger partial charge in [0.15, 0.2) is 0 Å². The Labute approximate surface area is 99.2 Å². The van der Waals surface area contributed by atoms with E-state index in [9.17, 15) is 0 Å². The van der Waals surface area contributed by atoms with Crippen LogP contribution in [-0.2, 0) is 0 Å². The summed E-state index contributed by atoms with van der Waals surface area (Å²) in [5.74, 6) is 0. The molecule has 1 unspecified atom stereocenters. The Morgan fingerprint density at radius 2 is 2.12 bits per heavy atom. The van der Waals surface area contributed by atoms with E-state index in [2.05, 4.69) is 30.8 Å². The summed E-state index contributed by atoms with van der Waals surface area (Å²) in [6.07, 6.45) is 9.40. The molecule has 90 valence electrons. The minimum atomic E-state index is 0.329. The summed E-state index contributed by atoms with van der Waals surface area (Å²) < 4.78 is 0. The first-order valence-corrected chi connectivity index (χ1v) is 5.47. The maximum atomic E-state index is 3.79. The molecule has 2 N–H and O–H groups in total. The Hall–Kier alpha value is -1.32. The average molecular weight is 221 g/mol. The molecule has 0 spiro atoms. The van der Waals surface area contributed by atoms with Crippen molar-refractivity contribution >= 4 is 0 Å². The van der Waals surface area contributed by atoms with E-state index < -0.39 is 0 Å². The van der Waals surface area contributed by atoms with E-state index in [1.807, 2.05) is 37.2 Å². The summed E-state index contributed by atoms with van der Waals surface area (Å²) >= 11 is 0. The quantitative estimate of drug-likeness (QED) is 0.486. The highest BCUT2D eigenvalue weighted by Crippen LogP contribution is 2.04. The van der Waals surface area contributed by atoms with Gasteiger partial charge in [0.05, 0.1) is 5.70 Å². The molecule has 1 atom stereocenters. The van der Waals surface area contributed by atoms with Crippen LogP contribution in [0.5, 0.6) is 0 Å². The third kappa shape index (κ3) is 5.53. The van der Waals surface area contributed by atoms with Crippen molar-refractivity contribution in [1.82, 2.24) is 15.8 Å². The molecule has 0 aromatic rings. The van der Waals surface area contributed by atoms with Gasteiger partial charge in [0.25, 0.3) is 0 Å². The van der Waals surface area contributed by atoms with Crippen LogP contribution in [0.4, 0.5) is 0 Å². The zero-order valence-corrected chi connectivity index (χ0v) is 10.5. The van der Waals surface area contributed by atoms with Gasteiger partial charge in [-0.1, -0.05) is 31.4 Å². The van der Waals surface area contributed by atoms with Gasteiger partial charge in [-0.15, -0.1) is 0 Å². The first-order chi connectivity index (χ1) is 7.69. The van der Waals surface area contributed by atoms with Crippen LogP contribution in [0.25, 0.3) is 0 Å². The molecule has 16 heavy (non-hydrogen) atoms. The van der Waals surface area contributed by atoms with Crippen molar-refractivity contribution in [1.29, 1.82) is 0 Å². The second-order valence-corrected chi connectivity index (χ2v) is 3.45. The highest BCUT2D eigenvalue weighted by Gasteiger charge is 2.06. The first-order valence-electron chi connectivity index (χ1n) is 5.47. The molecule has 0 aromatic heterocycles. The van der Waals surface area contributed by atoms with E-state index in [1.165, 1.54) is 0 Å². The fraction of sp³-hybridized carbons (Fsp3) is 0.385. The number of likely N-dealkylation sites (N-methyl/N-ethyl adjacent to an activating group) is 1. The Morgan fingerprint density at radius 1 is 1.44 bits per heavy atom. The number of hydrazine groups is 1. The van der Waals surface area contributed by atoms with Crippen molar-refractivity contribution in [2.45, 2.75) is 19.9 Å². The smallest absolute Gasteiger partial charge is 0.0527 e. The molecule has 0 fully saturated rings. The fourth-order valence-electron chi connectivity index (χ4n) is 1.30. The van der Waals surface area contributed by atoms with Crippen molar-refractivity contribution in [3.63, 3.8) is 0 Å². The molecule has 0 heterocycles. The summed E-state index contributed by atoms with van der Waals surface area (Å²) in [6.45, 7) is 12.4. The zero-order valence-electron chi connectivity index (χ0n) is 10.5. The molecule has 0 aliphatic rings. The van der Waals surface area contributed by atoms with Crippen LogP contribution in [0.3, 0.4) is 0 Å². The van der Waals surface area contributed by atoms with E-state index in [-0.39, 0.29) is 0 Å². The molecular weight excluding hydrogens is 198 g/mol. The minimum absolute atomic E-state index is 0.329. The second kappa shape index (κ2) is 8.95. The Balaban J connectivity index is 4.51. The second-order valence-electron chi connectivity index (χ2n) is 3.45. The normalized spacial score (nSPS) is 13.8. The maximum absolute atomic E-state index is 3.79. The SMILES string of the molecule is C=C/C=C\C(=C/C)N(C=C)NC(C)CNC. The van der Waals surface area contributed by atoms with Crippen LogP contribution < -0.4 is 10.7 Å². The van der Waals surface area contributed by atoms with E-state index in [1.54, 1.807) is 12.3 Å². The predicted molar refractivity (Wildman–Crippen MR) is 71.7 cm³/mol. The molecule has 0 aliphatic carbocycles. The lowest BCUT2D eigenvalue weighted by atomic mass is 10.3. The summed E-state index contributed by atoms with van der Waals surface area (Å²) in [6, 6.07) is 0.329. The Bertz CT molecular complexity index is 266. The van der Waals surface area contributed by atoms with Gasteiger partial charge in [-0.25, -0.2) is 5.43 Å². The van der Waals surface area contributed by atoms with Gasteiger partial charge < -0.3 is 5.32 Å². The molecule has 0 amide bonds. The third-order valence-corrected chi connectivity index (χ3v) is 2.03. The van der Waals surface area contributed by atoms with E-state index in [0.717, 1.165) is 12.2 Å². The van der Waals surface area contributed by atoms with Crippen LogP contribution in [0.1, 0.15) is 13.8 Å². The van der Waals surface area contributed by atoms with Crippen LogP contribution in [0.15, 0.2) is 49.4 Å². The van der Waals surface area contributed by atoms with Crippen molar-refractivity contribution < 1.29 is 0 Å². The van der Waals surface area contributed by atoms with Crippen LogP contribution in [-0.4, -0.2) is 24.6 Å². The van der Waals surface area contributed by atoms with Gasteiger partial charge in [0.2, 0.25) is 0 Å². The van der Waals surface area contributed by atoms with Gasteiger partial charge in [-0.3, -0.25) is 5.01 Å². The molecule has 0 saturated carbocycles. The standard InChI is InChI=1S/C13H23N3/c1-6-9-10-13(7-2)16(8-3)15-12(4)11-14-5/h6-10,12,14-15H,1,3,11H2,2,4-5H3/b10-9-,13-7+.